The van der Waals surface area contributed by atoms with Crippen LogP contribution in [-0.4, -0.2) is 112 Å². The quantitative estimate of drug-likeness (QED) is 0.0350. The highest BCUT2D eigenvalue weighted by Crippen LogP contribution is 2.14. The highest BCUT2D eigenvalue weighted by molar-refractivity contribution is 7.80. The predicted octanol–water partition coefficient (Wildman–Crippen LogP) is 6.66. The molecule has 0 aromatic heterocycles. The molecule has 0 saturated heterocycles. The number of hydrogen-bond acceptors (Lipinski definition) is 11. The van der Waals surface area contributed by atoms with E-state index in [1.165, 1.54) is 32.1 Å². The van der Waals surface area contributed by atoms with Gasteiger partial charge < -0.3 is 43.8 Å². The van der Waals surface area contributed by atoms with Crippen LogP contribution >= 0.6 is 49.7 Å². The summed E-state index contributed by atoms with van der Waals surface area (Å²) in [6.45, 7) is 19.5. The first kappa shape index (κ1) is 46.9. The zero-order chi connectivity index (χ0) is 35.3. The van der Waals surface area contributed by atoms with Gasteiger partial charge in [-0.25, -0.2) is 0 Å². The minimum absolute atomic E-state index is 0.0106. The second-order valence-corrected chi connectivity index (χ2v) is 13.8. The molecule has 9 nitrogen and oxygen atoms in total. The van der Waals surface area contributed by atoms with Crippen LogP contribution in [0.15, 0.2) is 0 Å². The maximum atomic E-state index is 5.92. The molecule has 0 rings (SSSR count). The molecule has 0 fully saturated rings. The lowest BCUT2D eigenvalue weighted by molar-refractivity contribution is -0.0284. The van der Waals surface area contributed by atoms with Gasteiger partial charge in [0.15, 0.2) is 0 Å². The molecular weight excluding hydrogens is 677 g/mol. The van der Waals surface area contributed by atoms with Gasteiger partial charge in [-0.15, -0.1) is 0 Å². The first-order valence-electron chi connectivity index (χ1n) is 17.7. The Hall–Kier alpha value is -0.120. The van der Waals surface area contributed by atoms with E-state index in [0.717, 1.165) is 26.1 Å². The van der Waals surface area contributed by atoms with E-state index < -0.39 is 0 Å². The number of hydrogen-bond donors (Lipinski definition) is 4. The fourth-order valence-electron chi connectivity index (χ4n) is 4.53. The molecule has 0 amide bonds. The van der Waals surface area contributed by atoms with Crippen molar-refractivity contribution in [3.05, 3.63) is 0 Å². The van der Waals surface area contributed by atoms with Crippen molar-refractivity contribution in [1.29, 1.82) is 0 Å². The Kier molecular flexibility index (Phi) is 31.8. The lowest BCUT2D eigenvalue weighted by atomic mass is 10.0. The summed E-state index contributed by atoms with van der Waals surface area (Å²) in [5, 5.41) is 7.00. The Morgan fingerprint density at radius 3 is 1.55 bits per heavy atom. The van der Waals surface area contributed by atoms with Crippen LogP contribution < -0.4 is 10.6 Å². The van der Waals surface area contributed by atoms with Gasteiger partial charge in [0.1, 0.15) is 12.2 Å². The predicted molar refractivity (Wildman–Crippen MR) is 209 cm³/mol. The number of thiocarbonyl (C=S) groups is 2. The van der Waals surface area contributed by atoms with Gasteiger partial charge in [-0.3, -0.25) is 0 Å². The second kappa shape index (κ2) is 31.8. The summed E-state index contributed by atoms with van der Waals surface area (Å²) in [4.78, 5) is 0. The Labute approximate surface area is 309 Å². The monoisotopic (exact) mass is 744 g/mol. The van der Waals surface area contributed by atoms with Crippen molar-refractivity contribution in [3.8, 4) is 0 Å². The molecule has 0 aromatic rings. The molecule has 0 aliphatic carbocycles. The normalized spacial score (nSPS) is 16.0. The molecule has 0 aliphatic heterocycles. The number of unbranched alkanes of at least 4 members (excludes halogenated alkanes) is 1. The topological polar surface area (TPSA) is 88.7 Å². The smallest absolute Gasteiger partial charge is 0.257 e. The van der Waals surface area contributed by atoms with Crippen LogP contribution in [0.1, 0.15) is 93.4 Å². The number of rotatable bonds is 31. The largest absolute Gasteiger partial charge is 0.464 e. The minimum Gasteiger partial charge on any atom is -0.464 e. The van der Waals surface area contributed by atoms with Crippen molar-refractivity contribution < 1.29 is 33.2 Å². The molecule has 0 aromatic carbocycles. The molecule has 13 heteroatoms. The molecule has 0 saturated carbocycles. The Morgan fingerprint density at radius 2 is 1.09 bits per heavy atom. The molecule has 2 N–H and O–H groups in total. The van der Waals surface area contributed by atoms with E-state index in [2.05, 4.69) is 63.6 Å². The van der Waals surface area contributed by atoms with E-state index in [1.54, 1.807) is 0 Å². The van der Waals surface area contributed by atoms with Crippen LogP contribution in [0.2, 0.25) is 0 Å². The van der Waals surface area contributed by atoms with E-state index in [4.69, 9.17) is 57.6 Å². The number of nitrogens with one attached hydrogen (secondary N) is 2. The molecule has 0 bridgehead atoms. The number of thiol groups is 2. The van der Waals surface area contributed by atoms with E-state index in [9.17, 15) is 0 Å². The SMILES string of the molecule is CCCCC(CC)COCC(CS)OC(=S)NC(C)COCCOCC(C)OCC(C)NC(=S)OC(CS)COCC(CC)CCC. The van der Waals surface area contributed by atoms with Crippen molar-refractivity contribution >= 4 is 60.0 Å². The van der Waals surface area contributed by atoms with Gasteiger partial charge in [-0.05, 0) is 69.9 Å². The molecule has 47 heavy (non-hydrogen) atoms. The Bertz CT molecular complexity index is 759. The zero-order valence-corrected chi connectivity index (χ0v) is 33.8. The standard InChI is InChI=1S/C34H68N2O7S4/c1-8-12-14-30(11-4)21-40-23-32(25-45)42-33(46)35-26(5)17-37-15-16-38-19-28(7)41-18-27(6)36-34(47)43-31(24-44)22-39-20-29(10-3)13-9-2/h26-32,44-45H,8-25H2,1-7H3,(H,35,46)(H,36,47). The van der Waals surface area contributed by atoms with Gasteiger partial charge in [0.2, 0.25) is 0 Å². The van der Waals surface area contributed by atoms with Crippen LogP contribution in [0.5, 0.6) is 0 Å². The van der Waals surface area contributed by atoms with Crippen molar-refractivity contribution in [1.82, 2.24) is 10.6 Å². The summed E-state index contributed by atoms with van der Waals surface area (Å²) in [6.07, 6.45) is 7.76. The van der Waals surface area contributed by atoms with E-state index in [-0.39, 0.29) is 30.4 Å². The first-order valence-corrected chi connectivity index (χ1v) is 19.8. The summed E-state index contributed by atoms with van der Waals surface area (Å²) >= 11 is 19.6. The molecule has 7 atom stereocenters. The minimum atomic E-state index is -0.196. The van der Waals surface area contributed by atoms with Gasteiger partial charge in [-0.1, -0.05) is 59.8 Å². The fourth-order valence-corrected chi connectivity index (χ4v) is 5.57. The van der Waals surface area contributed by atoms with Gasteiger partial charge >= 0.3 is 0 Å². The zero-order valence-electron chi connectivity index (χ0n) is 30.3. The summed E-state index contributed by atoms with van der Waals surface area (Å²) in [7, 11) is 0. The van der Waals surface area contributed by atoms with Crippen LogP contribution in [0.25, 0.3) is 0 Å². The van der Waals surface area contributed by atoms with Crippen LogP contribution in [0.4, 0.5) is 0 Å². The Balaban J connectivity index is 4.02. The third-order valence-corrected chi connectivity index (χ3v) is 8.78. The highest BCUT2D eigenvalue weighted by atomic mass is 32.1. The third kappa shape index (κ3) is 27.3. The maximum absolute atomic E-state index is 5.92. The molecule has 280 valence electrons. The van der Waals surface area contributed by atoms with Crippen molar-refractivity contribution in [2.24, 2.45) is 11.8 Å². The van der Waals surface area contributed by atoms with Gasteiger partial charge in [-0.2, -0.15) is 25.3 Å². The lowest BCUT2D eigenvalue weighted by Gasteiger charge is -2.23. The second-order valence-electron chi connectivity index (χ2n) is 12.4. The summed E-state index contributed by atoms with van der Waals surface area (Å²) in [6, 6.07) is -0.0315. The van der Waals surface area contributed by atoms with Gasteiger partial charge in [0.05, 0.1) is 64.4 Å². The van der Waals surface area contributed by atoms with Crippen molar-refractivity contribution in [2.75, 3.05) is 71.0 Å². The van der Waals surface area contributed by atoms with Crippen LogP contribution in [0, 0.1) is 11.8 Å². The van der Waals surface area contributed by atoms with Gasteiger partial charge in [0, 0.05) is 24.7 Å². The van der Waals surface area contributed by atoms with E-state index in [0.29, 0.717) is 79.9 Å². The van der Waals surface area contributed by atoms with Crippen LogP contribution in [0.3, 0.4) is 0 Å². The molecule has 0 spiro atoms. The molecular formula is C34H68N2O7S4. The molecule has 0 aliphatic rings. The van der Waals surface area contributed by atoms with Crippen molar-refractivity contribution in [3.63, 3.8) is 0 Å². The third-order valence-electron chi connectivity index (χ3n) is 7.54. The summed E-state index contributed by atoms with van der Waals surface area (Å²) < 4.78 is 40.9. The van der Waals surface area contributed by atoms with Crippen molar-refractivity contribution in [2.45, 2.75) is 124 Å². The van der Waals surface area contributed by atoms with E-state index >= 15 is 0 Å². The highest BCUT2D eigenvalue weighted by Gasteiger charge is 2.16. The average Bonchev–Trinajstić information content (AvgIpc) is 3.05. The maximum Gasteiger partial charge on any atom is 0.257 e. The molecule has 7 unspecified atom stereocenters. The lowest BCUT2D eigenvalue weighted by Crippen LogP contribution is -2.40. The summed E-state index contributed by atoms with van der Waals surface area (Å²) in [5.41, 5.74) is 0. The van der Waals surface area contributed by atoms with Gasteiger partial charge in [0.25, 0.3) is 10.3 Å². The summed E-state index contributed by atoms with van der Waals surface area (Å²) in [5.74, 6) is 2.22. The molecule has 0 heterocycles. The number of ether oxygens (including phenoxy) is 7. The van der Waals surface area contributed by atoms with Crippen LogP contribution in [-0.2, 0) is 33.2 Å². The fraction of sp³-hybridized carbons (Fsp3) is 0.941. The van der Waals surface area contributed by atoms with E-state index in [1.807, 2.05) is 20.8 Å². The first-order chi connectivity index (χ1) is 22.6. The molecule has 0 radical (unpaired) electrons. The average molecular weight is 745 g/mol. The Morgan fingerprint density at radius 1 is 0.596 bits per heavy atom.